The van der Waals surface area contributed by atoms with E-state index in [0.717, 1.165) is 5.41 Å². The van der Waals surface area contributed by atoms with Crippen molar-refractivity contribution in [3.63, 3.8) is 0 Å². The number of hydrogen-bond acceptors (Lipinski definition) is 4. The average Bonchev–Trinajstić information content (AvgIpc) is 2.54. The fraction of sp³-hybridized carbons (Fsp3) is 0.118. The summed E-state index contributed by atoms with van der Waals surface area (Å²) in [5.74, 6) is -0.504. The minimum atomic E-state index is -3.71. The summed E-state index contributed by atoms with van der Waals surface area (Å²) >= 11 is 5.78. The lowest BCUT2D eigenvalue weighted by atomic mass is 10.2. The normalized spacial score (nSPS) is 11.4. The van der Waals surface area contributed by atoms with E-state index >= 15 is 0 Å². The van der Waals surface area contributed by atoms with Crippen molar-refractivity contribution in [2.75, 3.05) is 11.3 Å². The zero-order valence-corrected chi connectivity index (χ0v) is 14.5. The first-order valence-corrected chi connectivity index (χ1v) is 9.06. The van der Waals surface area contributed by atoms with Crippen LogP contribution < -0.4 is 4.72 Å². The van der Waals surface area contributed by atoms with Gasteiger partial charge in [-0.25, -0.2) is 13.2 Å². The van der Waals surface area contributed by atoms with E-state index in [2.05, 4.69) is 4.72 Å². The van der Waals surface area contributed by atoms with Gasteiger partial charge in [0.2, 0.25) is 0 Å². The summed E-state index contributed by atoms with van der Waals surface area (Å²) in [6.45, 7) is 1.95. The van der Waals surface area contributed by atoms with E-state index in [1.54, 1.807) is 49.4 Å². The molecule has 0 heterocycles. The molecule has 0 saturated carbocycles. The van der Waals surface area contributed by atoms with Crippen LogP contribution in [-0.2, 0) is 14.8 Å². The van der Waals surface area contributed by atoms with E-state index in [1.807, 2.05) is 0 Å². The molecular weight excluding hydrogens is 350 g/mol. The van der Waals surface area contributed by atoms with Gasteiger partial charge in [-0.2, -0.15) is 0 Å². The van der Waals surface area contributed by atoms with Crippen LogP contribution in [0.1, 0.15) is 22.8 Å². The maximum atomic E-state index is 12.1. The molecular formula is C17H16ClNO4S. The van der Waals surface area contributed by atoms with Crippen molar-refractivity contribution in [2.24, 2.45) is 0 Å². The van der Waals surface area contributed by atoms with Crippen LogP contribution in [0.3, 0.4) is 0 Å². The molecule has 0 aliphatic heterocycles. The molecule has 0 unspecified atom stereocenters. The Hall–Kier alpha value is -2.31. The standard InChI is InChI=1S/C17H16ClNO4S/c1-2-23-17(20)14-4-3-5-16(12-14)19-24(21,22)11-10-13-6-8-15(18)9-7-13/h3-12,19H,2H2,1H3/b11-10+. The Bertz CT molecular complexity index is 845. The molecule has 2 rings (SSSR count). The lowest BCUT2D eigenvalue weighted by Gasteiger charge is -2.07. The molecule has 0 amide bonds. The Morgan fingerprint density at radius 2 is 1.92 bits per heavy atom. The Balaban J connectivity index is 2.12. The number of ether oxygens (including phenoxy) is 1. The van der Waals surface area contributed by atoms with Crippen molar-refractivity contribution < 1.29 is 17.9 Å². The first-order chi connectivity index (χ1) is 11.4. The van der Waals surface area contributed by atoms with Crippen LogP contribution in [0, 0.1) is 0 Å². The highest BCUT2D eigenvalue weighted by atomic mass is 35.5. The molecule has 126 valence electrons. The van der Waals surface area contributed by atoms with Gasteiger partial charge in [0.1, 0.15) is 0 Å². The van der Waals surface area contributed by atoms with E-state index in [9.17, 15) is 13.2 Å². The lowest BCUT2D eigenvalue weighted by molar-refractivity contribution is 0.0526. The van der Waals surface area contributed by atoms with E-state index in [1.165, 1.54) is 12.1 Å². The molecule has 0 aliphatic carbocycles. The predicted octanol–water partition coefficient (Wildman–Crippen LogP) is 3.93. The maximum Gasteiger partial charge on any atom is 0.338 e. The zero-order chi connectivity index (χ0) is 17.6. The van der Waals surface area contributed by atoms with Gasteiger partial charge in [0.25, 0.3) is 10.0 Å². The SMILES string of the molecule is CCOC(=O)c1cccc(NS(=O)(=O)/C=C/c2ccc(Cl)cc2)c1. The molecule has 2 aromatic rings. The van der Waals surface area contributed by atoms with Crippen LogP contribution >= 0.6 is 11.6 Å². The lowest BCUT2D eigenvalue weighted by Crippen LogP contribution is -2.10. The van der Waals surface area contributed by atoms with Crippen LogP contribution in [0.2, 0.25) is 5.02 Å². The van der Waals surface area contributed by atoms with Gasteiger partial charge in [0.05, 0.1) is 17.6 Å². The molecule has 0 spiro atoms. The number of halogens is 1. The summed E-state index contributed by atoms with van der Waals surface area (Å²) in [6, 6.07) is 12.9. The zero-order valence-electron chi connectivity index (χ0n) is 12.9. The molecule has 1 N–H and O–H groups in total. The molecule has 5 nitrogen and oxygen atoms in total. The van der Waals surface area contributed by atoms with E-state index in [0.29, 0.717) is 10.6 Å². The number of rotatable bonds is 6. The Morgan fingerprint density at radius 1 is 1.21 bits per heavy atom. The predicted molar refractivity (Wildman–Crippen MR) is 95.4 cm³/mol. The number of sulfonamides is 1. The Kier molecular flexibility index (Phi) is 6.00. The highest BCUT2D eigenvalue weighted by Crippen LogP contribution is 2.15. The summed E-state index contributed by atoms with van der Waals surface area (Å²) < 4.78 is 31.5. The Morgan fingerprint density at radius 3 is 2.58 bits per heavy atom. The minimum absolute atomic E-state index is 0.249. The molecule has 0 atom stereocenters. The van der Waals surface area contributed by atoms with Crippen molar-refractivity contribution in [2.45, 2.75) is 6.92 Å². The second-order valence-corrected chi connectivity index (χ2v) is 6.81. The molecule has 0 aromatic heterocycles. The first-order valence-electron chi connectivity index (χ1n) is 7.13. The van der Waals surface area contributed by atoms with Crippen LogP contribution in [0.4, 0.5) is 5.69 Å². The number of carbonyl (C=O) groups excluding carboxylic acids is 1. The van der Waals surface area contributed by atoms with Gasteiger partial charge in [-0.3, -0.25) is 4.72 Å². The van der Waals surface area contributed by atoms with E-state index in [-0.39, 0.29) is 17.9 Å². The van der Waals surface area contributed by atoms with Crippen molar-refractivity contribution in [1.82, 2.24) is 0 Å². The van der Waals surface area contributed by atoms with Crippen molar-refractivity contribution >= 4 is 39.4 Å². The summed E-state index contributed by atoms with van der Waals surface area (Å²) in [7, 11) is -3.71. The highest BCUT2D eigenvalue weighted by Gasteiger charge is 2.10. The molecule has 0 fully saturated rings. The van der Waals surface area contributed by atoms with Crippen molar-refractivity contribution in [1.29, 1.82) is 0 Å². The summed E-state index contributed by atoms with van der Waals surface area (Å²) in [5, 5.41) is 1.62. The second-order valence-electron chi connectivity index (χ2n) is 4.80. The highest BCUT2D eigenvalue weighted by molar-refractivity contribution is 7.95. The van der Waals surface area contributed by atoms with Crippen molar-refractivity contribution in [3.8, 4) is 0 Å². The maximum absolute atomic E-state index is 12.1. The van der Waals surface area contributed by atoms with Crippen LogP contribution in [-0.4, -0.2) is 21.0 Å². The minimum Gasteiger partial charge on any atom is -0.462 e. The smallest absolute Gasteiger partial charge is 0.338 e. The Labute approximate surface area is 146 Å². The fourth-order valence-corrected chi connectivity index (χ4v) is 2.85. The molecule has 7 heteroatoms. The number of esters is 1. The van der Waals surface area contributed by atoms with E-state index in [4.69, 9.17) is 16.3 Å². The molecule has 2 aromatic carbocycles. The van der Waals surface area contributed by atoms with Crippen LogP contribution in [0.5, 0.6) is 0 Å². The van der Waals surface area contributed by atoms with Crippen LogP contribution in [0.25, 0.3) is 6.08 Å². The van der Waals surface area contributed by atoms with Gasteiger partial charge in [-0.1, -0.05) is 29.8 Å². The number of anilines is 1. The van der Waals surface area contributed by atoms with Gasteiger partial charge in [0, 0.05) is 10.7 Å². The first kappa shape index (κ1) is 18.0. The summed E-state index contributed by atoms with van der Waals surface area (Å²) in [4.78, 5) is 11.7. The largest absolute Gasteiger partial charge is 0.462 e. The average molecular weight is 366 g/mol. The quantitative estimate of drug-likeness (QED) is 0.787. The van der Waals surface area contributed by atoms with Gasteiger partial charge in [-0.05, 0) is 48.9 Å². The molecule has 0 bridgehead atoms. The van der Waals surface area contributed by atoms with Gasteiger partial charge < -0.3 is 4.74 Å². The molecule has 0 saturated heterocycles. The molecule has 0 radical (unpaired) electrons. The third-order valence-corrected chi connectivity index (χ3v) is 4.21. The fourth-order valence-electron chi connectivity index (χ4n) is 1.86. The monoisotopic (exact) mass is 365 g/mol. The van der Waals surface area contributed by atoms with Gasteiger partial charge in [0.15, 0.2) is 0 Å². The molecule has 0 aliphatic rings. The number of hydrogen-bond donors (Lipinski definition) is 1. The number of nitrogens with one attached hydrogen (secondary N) is 1. The summed E-state index contributed by atoms with van der Waals surface area (Å²) in [6.07, 6.45) is 1.45. The molecule has 24 heavy (non-hydrogen) atoms. The van der Waals surface area contributed by atoms with Gasteiger partial charge in [-0.15, -0.1) is 0 Å². The third kappa shape index (κ3) is 5.40. The number of benzene rings is 2. The second kappa shape index (κ2) is 7.99. The topological polar surface area (TPSA) is 72.5 Å². The number of carbonyl (C=O) groups is 1. The van der Waals surface area contributed by atoms with Gasteiger partial charge >= 0.3 is 5.97 Å². The van der Waals surface area contributed by atoms with Crippen LogP contribution in [0.15, 0.2) is 53.9 Å². The summed E-state index contributed by atoms with van der Waals surface area (Å²) in [5.41, 5.74) is 1.25. The van der Waals surface area contributed by atoms with E-state index < -0.39 is 16.0 Å². The van der Waals surface area contributed by atoms with Crippen molar-refractivity contribution in [3.05, 3.63) is 70.1 Å². The third-order valence-electron chi connectivity index (χ3n) is 2.94.